The van der Waals surface area contributed by atoms with Gasteiger partial charge >= 0.3 is 17.9 Å². The third-order valence-electron chi connectivity index (χ3n) is 13.1. The molecule has 1 aliphatic heterocycles. The Balaban J connectivity index is 1.53. The third-order valence-corrected chi connectivity index (χ3v) is 13.1. The van der Waals surface area contributed by atoms with Gasteiger partial charge in [0.05, 0.1) is 29.8 Å². The molecule has 49 heavy (non-hydrogen) atoms. The van der Waals surface area contributed by atoms with Crippen LogP contribution in [0.2, 0.25) is 0 Å². The molecule has 14 heteroatoms. The molecular weight excluding hydrogens is 642 g/mol. The molecule has 1 saturated heterocycles. The van der Waals surface area contributed by atoms with Crippen LogP contribution >= 0.6 is 0 Å². The molecule has 1 spiro atoms. The van der Waals surface area contributed by atoms with Crippen LogP contribution in [0.5, 0.6) is 0 Å². The van der Waals surface area contributed by atoms with Crippen LogP contribution in [0.4, 0.5) is 0 Å². The summed E-state index contributed by atoms with van der Waals surface area (Å²) in [4.78, 5) is 54.6. The van der Waals surface area contributed by atoms with Crippen LogP contribution in [-0.2, 0) is 47.5 Å². The number of amides is 1. The molecule has 7 bridgehead atoms. The van der Waals surface area contributed by atoms with Crippen molar-refractivity contribution in [2.75, 3.05) is 41.6 Å². The highest BCUT2D eigenvalue weighted by atomic mass is 16.6. The standard InChI is InChI=1S/C35H45NO13/c1-17(38)47-21-12-22(44-4)34-20-13-33(42)29(48-31(41)19-10-8-7-9-11-19)23(20)35(49-18(2)39,28(40)30(33)46-6)24-25(45-5)26(34)32(21,15-43-3)14-36(16-37)27(24)34/h7-11,16,20-30,40,42H,12-15H2,1-6H3. The van der Waals surface area contributed by atoms with E-state index in [0.29, 0.717) is 0 Å². The zero-order chi connectivity index (χ0) is 35.3. The second-order valence-electron chi connectivity index (χ2n) is 14.7. The first-order valence-corrected chi connectivity index (χ1v) is 16.7. The highest BCUT2D eigenvalue weighted by Gasteiger charge is 2.92. The Morgan fingerprint density at radius 1 is 0.939 bits per heavy atom. The summed E-state index contributed by atoms with van der Waals surface area (Å²) in [5.74, 6) is -5.14. The number of carbonyl (C=O) groups is 4. The summed E-state index contributed by atoms with van der Waals surface area (Å²) in [5, 5.41) is 25.3. The molecular formula is C35H45NO13. The zero-order valence-electron chi connectivity index (χ0n) is 28.5. The van der Waals surface area contributed by atoms with Crippen LogP contribution in [0.1, 0.15) is 37.0 Å². The summed E-state index contributed by atoms with van der Waals surface area (Å²) in [6, 6.07) is 7.58. The number of carbonyl (C=O) groups excluding carboxylic acids is 4. The highest BCUT2D eigenvalue weighted by Crippen LogP contribution is 2.80. The number of methoxy groups -OCH3 is 4. The molecule has 0 radical (unpaired) electrons. The fourth-order valence-corrected chi connectivity index (χ4v) is 12.4. The molecule has 6 fully saturated rings. The van der Waals surface area contributed by atoms with Crippen molar-refractivity contribution in [2.45, 2.75) is 80.6 Å². The topological polar surface area (TPSA) is 177 Å². The minimum Gasteiger partial charge on any atom is -0.462 e. The van der Waals surface area contributed by atoms with Gasteiger partial charge in [-0.15, -0.1) is 0 Å². The molecule has 5 aliphatic carbocycles. The van der Waals surface area contributed by atoms with E-state index in [2.05, 4.69) is 0 Å². The molecule has 15 atom stereocenters. The Hall–Kier alpha value is -3.14. The number of hydrogen-bond donors (Lipinski definition) is 2. The van der Waals surface area contributed by atoms with Crippen LogP contribution in [-0.4, -0.2) is 135 Å². The highest BCUT2D eigenvalue weighted by molar-refractivity contribution is 5.89. The summed E-state index contributed by atoms with van der Waals surface area (Å²) in [6.07, 6.45) is -5.73. The van der Waals surface area contributed by atoms with Crippen LogP contribution in [0, 0.1) is 34.5 Å². The number of ether oxygens (including phenoxy) is 7. The van der Waals surface area contributed by atoms with Gasteiger partial charge in [0.25, 0.3) is 0 Å². The Bertz CT molecular complexity index is 1510. The number of nitrogens with zero attached hydrogens (tertiary/aromatic N) is 1. The van der Waals surface area contributed by atoms with Gasteiger partial charge < -0.3 is 48.3 Å². The molecule has 1 amide bonds. The lowest BCUT2D eigenvalue weighted by Crippen LogP contribution is -2.81. The number of fused-ring (bicyclic) bond motifs is 2. The first-order valence-electron chi connectivity index (χ1n) is 16.7. The maximum absolute atomic E-state index is 13.8. The summed E-state index contributed by atoms with van der Waals surface area (Å²) in [6.45, 7) is 2.72. The largest absolute Gasteiger partial charge is 0.462 e. The van der Waals surface area contributed by atoms with Crippen LogP contribution in [0.25, 0.3) is 0 Å². The Kier molecular flexibility index (Phi) is 8.20. The lowest BCUT2D eigenvalue weighted by atomic mass is 9.42. The molecule has 1 aromatic rings. The molecule has 14 nitrogen and oxygen atoms in total. The molecule has 2 N–H and O–H groups in total. The first kappa shape index (κ1) is 34.3. The molecule has 6 aliphatic rings. The van der Waals surface area contributed by atoms with E-state index >= 15 is 0 Å². The first-order chi connectivity index (χ1) is 23.4. The fraction of sp³-hybridized carbons (Fsp3) is 0.714. The van der Waals surface area contributed by atoms with Crippen molar-refractivity contribution in [3.05, 3.63) is 35.9 Å². The molecule has 7 rings (SSSR count). The maximum Gasteiger partial charge on any atom is 0.338 e. The van der Waals surface area contributed by atoms with Gasteiger partial charge in [-0.05, 0) is 24.5 Å². The van der Waals surface area contributed by atoms with Crippen molar-refractivity contribution in [3.63, 3.8) is 0 Å². The van der Waals surface area contributed by atoms with Crippen molar-refractivity contribution >= 4 is 24.3 Å². The number of benzene rings is 1. The number of likely N-dealkylation sites (tertiary alicyclic amines) is 1. The van der Waals surface area contributed by atoms with Crippen LogP contribution < -0.4 is 0 Å². The number of esters is 3. The van der Waals surface area contributed by atoms with E-state index in [0.717, 1.165) is 6.41 Å². The summed E-state index contributed by atoms with van der Waals surface area (Å²) < 4.78 is 43.2. The van der Waals surface area contributed by atoms with Gasteiger partial charge in [0.1, 0.15) is 30.0 Å². The summed E-state index contributed by atoms with van der Waals surface area (Å²) >= 11 is 0. The normalized spacial score (nSPS) is 46.9. The van der Waals surface area contributed by atoms with Gasteiger partial charge in [0, 0.05) is 84.5 Å². The Morgan fingerprint density at radius 3 is 2.22 bits per heavy atom. The number of aliphatic hydroxyl groups excluding tert-OH is 1. The van der Waals surface area contributed by atoms with Crippen molar-refractivity contribution in [2.24, 2.45) is 34.5 Å². The van der Waals surface area contributed by atoms with E-state index in [1.54, 1.807) is 42.3 Å². The average molecular weight is 688 g/mol. The van der Waals surface area contributed by atoms with Crippen molar-refractivity contribution in [1.82, 2.24) is 4.90 Å². The molecule has 268 valence electrons. The number of aliphatic hydroxyl groups is 2. The second kappa shape index (κ2) is 11.7. The van der Waals surface area contributed by atoms with Gasteiger partial charge in [-0.1, -0.05) is 18.2 Å². The van der Waals surface area contributed by atoms with E-state index in [1.165, 1.54) is 35.2 Å². The monoisotopic (exact) mass is 687 g/mol. The third kappa shape index (κ3) is 4.09. The lowest BCUT2D eigenvalue weighted by Gasteiger charge is -2.69. The van der Waals surface area contributed by atoms with Gasteiger partial charge in [0.15, 0.2) is 5.60 Å². The van der Waals surface area contributed by atoms with Gasteiger partial charge in [-0.2, -0.15) is 0 Å². The predicted molar refractivity (Wildman–Crippen MR) is 166 cm³/mol. The van der Waals surface area contributed by atoms with E-state index in [-0.39, 0.29) is 31.6 Å². The predicted octanol–water partition coefficient (Wildman–Crippen LogP) is 0.355. The summed E-state index contributed by atoms with van der Waals surface area (Å²) in [7, 11) is 5.93. The molecule has 15 unspecified atom stereocenters. The molecule has 0 aromatic heterocycles. The van der Waals surface area contributed by atoms with Gasteiger partial charge in [-0.3, -0.25) is 14.4 Å². The number of hydrogen-bond acceptors (Lipinski definition) is 13. The van der Waals surface area contributed by atoms with Gasteiger partial charge in [-0.25, -0.2) is 4.79 Å². The van der Waals surface area contributed by atoms with E-state index in [9.17, 15) is 29.4 Å². The smallest absolute Gasteiger partial charge is 0.338 e. The van der Waals surface area contributed by atoms with Crippen molar-refractivity contribution < 1.29 is 62.5 Å². The van der Waals surface area contributed by atoms with E-state index < -0.39 is 106 Å². The Morgan fingerprint density at radius 2 is 1.65 bits per heavy atom. The molecule has 5 saturated carbocycles. The van der Waals surface area contributed by atoms with Crippen molar-refractivity contribution in [1.29, 1.82) is 0 Å². The number of piperidine rings is 1. The average Bonchev–Trinajstić information content (AvgIpc) is 3.44. The number of rotatable bonds is 10. The minimum atomic E-state index is -1.95. The van der Waals surface area contributed by atoms with E-state index in [4.69, 9.17) is 33.2 Å². The lowest BCUT2D eigenvalue weighted by molar-refractivity contribution is -0.319. The Labute approximate surface area is 284 Å². The fourth-order valence-electron chi connectivity index (χ4n) is 12.4. The van der Waals surface area contributed by atoms with Crippen molar-refractivity contribution in [3.8, 4) is 0 Å². The summed E-state index contributed by atoms with van der Waals surface area (Å²) in [5.41, 5.74) is -5.68. The molecule has 1 heterocycles. The maximum atomic E-state index is 13.8. The van der Waals surface area contributed by atoms with E-state index in [1.807, 2.05) is 0 Å². The zero-order valence-corrected chi connectivity index (χ0v) is 28.5. The van der Waals surface area contributed by atoms with Crippen LogP contribution in [0.3, 0.4) is 0 Å². The quantitative estimate of drug-likeness (QED) is 0.196. The second-order valence-corrected chi connectivity index (χ2v) is 14.7. The SMILES string of the molecule is COCC12CN(C=O)C3C4C(OC)C1C3(C(OC)CC2OC(C)=O)C1CC2(O)C(OC)C(O)C4(OC(C)=O)C1C2OC(=O)c1ccccc1. The minimum absolute atomic E-state index is 0.0625. The van der Waals surface area contributed by atoms with Gasteiger partial charge in [0.2, 0.25) is 6.41 Å². The molecule has 1 aromatic carbocycles. The van der Waals surface area contributed by atoms with Crippen LogP contribution in [0.15, 0.2) is 30.3 Å².